The van der Waals surface area contributed by atoms with Gasteiger partial charge in [0.05, 0.1) is 6.10 Å². The Hall–Kier alpha value is -1.09. The van der Waals surface area contributed by atoms with Gasteiger partial charge < -0.3 is 10.2 Å². The molecular formula is C20H32O3. The summed E-state index contributed by atoms with van der Waals surface area (Å²) in [6.45, 7) is 13.0. The lowest BCUT2D eigenvalue weighted by molar-refractivity contribution is -0.131. The average Bonchev–Trinajstić information content (AvgIpc) is 2.45. The van der Waals surface area contributed by atoms with Gasteiger partial charge in [-0.05, 0) is 60.8 Å². The van der Waals surface area contributed by atoms with Gasteiger partial charge in [0.1, 0.15) is 0 Å². The summed E-state index contributed by atoms with van der Waals surface area (Å²) in [6.07, 6.45) is 6.95. The quantitative estimate of drug-likeness (QED) is 0.589. The van der Waals surface area contributed by atoms with Gasteiger partial charge in [-0.1, -0.05) is 45.8 Å². The summed E-state index contributed by atoms with van der Waals surface area (Å²) >= 11 is 0. The number of aliphatic hydroxyl groups is 1. The summed E-state index contributed by atoms with van der Waals surface area (Å²) in [5.41, 5.74) is 1.88. The first-order valence-corrected chi connectivity index (χ1v) is 8.88. The highest BCUT2D eigenvalue weighted by atomic mass is 16.4. The predicted molar refractivity (Wildman–Crippen MR) is 93.1 cm³/mol. The number of allylic oxidation sites excluding steroid dienone is 1. The van der Waals surface area contributed by atoms with Crippen LogP contribution in [0.3, 0.4) is 0 Å². The van der Waals surface area contributed by atoms with Crippen LogP contribution >= 0.6 is 0 Å². The maximum absolute atomic E-state index is 10.8. The van der Waals surface area contributed by atoms with E-state index in [4.69, 9.17) is 5.11 Å². The highest BCUT2D eigenvalue weighted by Crippen LogP contribution is 2.62. The second kappa shape index (κ2) is 6.43. The number of aliphatic hydroxyl groups excluding tert-OH is 1. The second-order valence-corrected chi connectivity index (χ2v) is 8.38. The van der Waals surface area contributed by atoms with Crippen LogP contribution in [0.5, 0.6) is 0 Å². The number of aliphatic carboxylic acids is 1. The molecule has 0 amide bonds. The SMILES string of the molecule is C=C1[C@@H](O)C[C@@]2(C)[C@@H](C)CCC[C@@H]2[C@@]1(C)CC/C(C)=C/C(=O)O. The van der Waals surface area contributed by atoms with Crippen molar-refractivity contribution in [3.05, 3.63) is 23.8 Å². The molecule has 0 aromatic heterocycles. The van der Waals surface area contributed by atoms with E-state index in [-0.39, 0.29) is 10.8 Å². The van der Waals surface area contributed by atoms with Gasteiger partial charge in [0.2, 0.25) is 0 Å². The molecule has 2 saturated carbocycles. The van der Waals surface area contributed by atoms with Gasteiger partial charge >= 0.3 is 5.97 Å². The topological polar surface area (TPSA) is 57.5 Å². The Labute approximate surface area is 140 Å². The lowest BCUT2D eigenvalue weighted by atomic mass is 9.45. The number of hydrogen-bond acceptors (Lipinski definition) is 2. The lowest BCUT2D eigenvalue weighted by Crippen LogP contribution is -2.54. The van der Waals surface area contributed by atoms with Crippen LogP contribution in [0, 0.1) is 22.7 Å². The molecule has 2 rings (SSSR count). The first kappa shape index (κ1) is 18.3. The van der Waals surface area contributed by atoms with E-state index in [9.17, 15) is 9.90 Å². The Balaban J connectivity index is 2.28. The number of fused-ring (bicyclic) bond motifs is 1. The maximum Gasteiger partial charge on any atom is 0.328 e. The summed E-state index contributed by atoms with van der Waals surface area (Å²) in [5, 5.41) is 19.5. The van der Waals surface area contributed by atoms with Gasteiger partial charge in [-0.3, -0.25) is 0 Å². The summed E-state index contributed by atoms with van der Waals surface area (Å²) in [5.74, 6) is 0.248. The number of carboxylic acid groups (broad SMARTS) is 1. The van der Waals surface area contributed by atoms with Crippen LogP contribution in [0.4, 0.5) is 0 Å². The third-order valence-electron chi connectivity index (χ3n) is 7.00. The van der Waals surface area contributed by atoms with Crippen molar-refractivity contribution < 1.29 is 15.0 Å². The van der Waals surface area contributed by atoms with Gasteiger partial charge in [0.15, 0.2) is 0 Å². The molecular weight excluding hydrogens is 288 g/mol. The van der Waals surface area contributed by atoms with Crippen LogP contribution < -0.4 is 0 Å². The van der Waals surface area contributed by atoms with E-state index in [0.29, 0.717) is 11.8 Å². The molecule has 0 aromatic carbocycles. The number of carboxylic acids is 1. The van der Waals surface area contributed by atoms with Gasteiger partial charge in [0.25, 0.3) is 0 Å². The van der Waals surface area contributed by atoms with E-state index >= 15 is 0 Å². The first-order valence-electron chi connectivity index (χ1n) is 8.88. The van der Waals surface area contributed by atoms with Crippen LogP contribution in [0.25, 0.3) is 0 Å². The lowest BCUT2D eigenvalue weighted by Gasteiger charge is -2.60. The monoisotopic (exact) mass is 320 g/mol. The van der Waals surface area contributed by atoms with Gasteiger partial charge in [-0.25, -0.2) is 4.79 Å². The van der Waals surface area contributed by atoms with Gasteiger partial charge in [0, 0.05) is 6.08 Å². The van der Waals surface area contributed by atoms with Crippen molar-refractivity contribution >= 4 is 5.97 Å². The van der Waals surface area contributed by atoms with Crippen LogP contribution in [0.2, 0.25) is 0 Å². The maximum atomic E-state index is 10.8. The minimum Gasteiger partial charge on any atom is -0.478 e. The fraction of sp³-hybridized carbons (Fsp3) is 0.750. The van der Waals surface area contributed by atoms with Crippen molar-refractivity contribution in [1.29, 1.82) is 0 Å². The minimum absolute atomic E-state index is 0.116. The number of rotatable bonds is 4. The van der Waals surface area contributed by atoms with Crippen LogP contribution in [-0.2, 0) is 4.79 Å². The average molecular weight is 320 g/mol. The Morgan fingerprint density at radius 3 is 2.65 bits per heavy atom. The molecule has 23 heavy (non-hydrogen) atoms. The van der Waals surface area contributed by atoms with Crippen LogP contribution in [0.1, 0.15) is 66.2 Å². The number of hydrogen-bond donors (Lipinski definition) is 2. The van der Waals surface area contributed by atoms with Crippen LogP contribution in [0.15, 0.2) is 23.8 Å². The molecule has 0 heterocycles. The normalized spacial score (nSPS) is 41.5. The fourth-order valence-corrected chi connectivity index (χ4v) is 5.24. The van der Waals surface area contributed by atoms with Crippen molar-refractivity contribution in [2.24, 2.45) is 22.7 Å². The minimum atomic E-state index is -0.883. The van der Waals surface area contributed by atoms with Crippen molar-refractivity contribution in [3.63, 3.8) is 0 Å². The second-order valence-electron chi connectivity index (χ2n) is 8.38. The van der Waals surface area contributed by atoms with E-state index in [1.807, 2.05) is 6.92 Å². The molecule has 0 bridgehead atoms. The molecule has 0 unspecified atom stereocenters. The molecule has 130 valence electrons. The number of carbonyl (C=O) groups is 1. The fourth-order valence-electron chi connectivity index (χ4n) is 5.24. The summed E-state index contributed by atoms with van der Waals surface area (Å²) < 4.78 is 0. The summed E-state index contributed by atoms with van der Waals surface area (Å²) in [7, 11) is 0. The largest absolute Gasteiger partial charge is 0.478 e. The zero-order chi connectivity index (χ0) is 17.4. The molecule has 0 radical (unpaired) electrons. The molecule has 0 aliphatic heterocycles. The van der Waals surface area contributed by atoms with E-state index in [2.05, 4.69) is 27.4 Å². The molecule has 2 aliphatic rings. The van der Waals surface area contributed by atoms with Crippen molar-refractivity contribution in [3.8, 4) is 0 Å². The summed E-state index contributed by atoms with van der Waals surface area (Å²) in [4.78, 5) is 10.8. The zero-order valence-electron chi connectivity index (χ0n) is 15.1. The van der Waals surface area contributed by atoms with Crippen molar-refractivity contribution in [2.45, 2.75) is 72.3 Å². The molecule has 3 nitrogen and oxygen atoms in total. The van der Waals surface area contributed by atoms with E-state index in [1.54, 1.807) is 0 Å². The van der Waals surface area contributed by atoms with E-state index in [0.717, 1.165) is 30.4 Å². The summed E-state index contributed by atoms with van der Waals surface area (Å²) in [6, 6.07) is 0. The third kappa shape index (κ3) is 3.26. The Morgan fingerprint density at radius 1 is 1.39 bits per heavy atom. The van der Waals surface area contributed by atoms with Crippen molar-refractivity contribution in [1.82, 2.24) is 0 Å². The Bertz CT molecular complexity index is 521. The first-order chi connectivity index (χ1) is 10.6. The Morgan fingerprint density at radius 2 is 2.04 bits per heavy atom. The van der Waals surface area contributed by atoms with Crippen molar-refractivity contribution in [2.75, 3.05) is 0 Å². The molecule has 2 aliphatic carbocycles. The van der Waals surface area contributed by atoms with Crippen LogP contribution in [-0.4, -0.2) is 22.3 Å². The molecule has 0 aromatic rings. The highest BCUT2D eigenvalue weighted by Gasteiger charge is 2.56. The van der Waals surface area contributed by atoms with E-state index in [1.165, 1.54) is 25.3 Å². The zero-order valence-corrected chi connectivity index (χ0v) is 15.1. The van der Waals surface area contributed by atoms with E-state index < -0.39 is 12.1 Å². The standard InChI is InChI=1S/C20H32O3/c1-13(11-18(22)23)9-10-19(4)15(3)16(21)12-20(5)14(2)7-6-8-17(19)20/h11,14,16-17,21H,3,6-10,12H2,1-2,4-5H3,(H,22,23)/b13-11+/t14-,16-,17+,19-,20-/m0/s1. The molecule has 3 heteroatoms. The van der Waals surface area contributed by atoms with Gasteiger partial charge in [-0.2, -0.15) is 0 Å². The molecule has 2 fully saturated rings. The molecule has 2 N–H and O–H groups in total. The predicted octanol–water partition coefficient (Wildman–Crippen LogP) is 4.57. The molecule has 0 saturated heterocycles. The molecule has 5 atom stereocenters. The third-order valence-corrected chi connectivity index (χ3v) is 7.00. The van der Waals surface area contributed by atoms with Gasteiger partial charge in [-0.15, -0.1) is 0 Å². The Kier molecular flexibility index (Phi) is 5.10. The highest BCUT2D eigenvalue weighted by molar-refractivity contribution is 5.80. The molecule has 0 spiro atoms. The smallest absolute Gasteiger partial charge is 0.328 e.